The number of nitrogens with zero attached hydrogens (tertiary/aromatic N) is 1. The molecule has 4 nitrogen and oxygen atoms in total. The minimum absolute atomic E-state index is 0.743. The first kappa shape index (κ1) is 20.4. The van der Waals surface area contributed by atoms with Gasteiger partial charge >= 0.3 is 0 Å². The van der Waals surface area contributed by atoms with E-state index in [9.17, 15) is 0 Å². The van der Waals surface area contributed by atoms with Crippen molar-refractivity contribution >= 4 is 10.9 Å². The number of ether oxygens (including phenoxy) is 1. The van der Waals surface area contributed by atoms with Crippen LogP contribution in [0, 0.1) is 0 Å². The minimum Gasteiger partial charge on any atom is -0.493 e. The average molecular weight is 380 g/mol. The molecule has 0 atom stereocenters. The SMILES string of the molecule is CC.CCCOc1ccccc1-c1c(CN2CCNCC2)[nH]c2ccccc12. The van der Waals surface area contributed by atoms with E-state index in [-0.39, 0.29) is 0 Å². The van der Waals surface area contributed by atoms with E-state index < -0.39 is 0 Å². The fraction of sp³-hybridized carbons (Fsp3) is 0.417. The highest BCUT2D eigenvalue weighted by molar-refractivity contribution is 5.98. The van der Waals surface area contributed by atoms with Crippen LogP contribution in [0.3, 0.4) is 0 Å². The first-order chi connectivity index (χ1) is 13.9. The number of nitrogens with one attached hydrogen (secondary N) is 2. The Kier molecular flexibility index (Phi) is 7.52. The lowest BCUT2D eigenvalue weighted by Crippen LogP contribution is -2.43. The highest BCUT2D eigenvalue weighted by Gasteiger charge is 2.19. The zero-order valence-corrected chi connectivity index (χ0v) is 17.4. The monoisotopic (exact) mass is 379 g/mol. The van der Waals surface area contributed by atoms with Crippen LogP contribution in [-0.4, -0.2) is 42.7 Å². The van der Waals surface area contributed by atoms with Crippen molar-refractivity contribution < 1.29 is 4.74 Å². The Morgan fingerprint density at radius 3 is 2.46 bits per heavy atom. The Morgan fingerprint density at radius 2 is 1.68 bits per heavy atom. The van der Waals surface area contributed by atoms with Gasteiger partial charge in [-0.25, -0.2) is 0 Å². The van der Waals surface area contributed by atoms with E-state index in [2.05, 4.69) is 70.7 Å². The molecule has 3 aromatic rings. The number of aromatic nitrogens is 1. The van der Waals surface area contributed by atoms with Gasteiger partial charge in [-0.2, -0.15) is 0 Å². The van der Waals surface area contributed by atoms with E-state index in [0.29, 0.717) is 0 Å². The molecule has 2 N–H and O–H groups in total. The van der Waals surface area contributed by atoms with E-state index in [1.54, 1.807) is 0 Å². The summed E-state index contributed by atoms with van der Waals surface area (Å²) in [6.45, 7) is 12.1. The summed E-state index contributed by atoms with van der Waals surface area (Å²) in [5.74, 6) is 0.973. The van der Waals surface area contributed by atoms with Gasteiger partial charge in [-0.05, 0) is 18.6 Å². The Bertz CT molecular complexity index is 865. The highest BCUT2D eigenvalue weighted by atomic mass is 16.5. The summed E-state index contributed by atoms with van der Waals surface area (Å²) in [7, 11) is 0. The van der Waals surface area contributed by atoms with Crippen molar-refractivity contribution in [1.29, 1.82) is 0 Å². The minimum atomic E-state index is 0.743. The molecule has 0 spiro atoms. The van der Waals surface area contributed by atoms with Crippen molar-refractivity contribution in [3.8, 4) is 16.9 Å². The molecule has 4 rings (SSSR count). The number of H-pyrrole nitrogens is 1. The second-order valence-electron chi connectivity index (χ2n) is 6.89. The molecule has 0 radical (unpaired) electrons. The van der Waals surface area contributed by atoms with Gasteiger partial charge in [0.05, 0.1) is 6.61 Å². The maximum absolute atomic E-state index is 6.07. The Hall–Kier alpha value is -2.30. The van der Waals surface area contributed by atoms with Gasteiger partial charge in [0.25, 0.3) is 0 Å². The van der Waals surface area contributed by atoms with E-state index >= 15 is 0 Å². The fourth-order valence-electron chi connectivity index (χ4n) is 3.73. The topological polar surface area (TPSA) is 40.3 Å². The van der Waals surface area contributed by atoms with Gasteiger partial charge in [0, 0.05) is 60.4 Å². The lowest BCUT2D eigenvalue weighted by molar-refractivity contribution is 0.231. The molecule has 1 fully saturated rings. The third-order valence-electron chi connectivity index (χ3n) is 4.99. The van der Waals surface area contributed by atoms with Gasteiger partial charge < -0.3 is 15.0 Å². The molecule has 4 heteroatoms. The van der Waals surface area contributed by atoms with Crippen LogP contribution in [0.25, 0.3) is 22.0 Å². The largest absolute Gasteiger partial charge is 0.493 e. The molecule has 1 aromatic heterocycles. The number of hydrogen-bond acceptors (Lipinski definition) is 3. The smallest absolute Gasteiger partial charge is 0.127 e. The molecular weight excluding hydrogens is 346 g/mol. The zero-order chi connectivity index (χ0) is 19.8. The van der Waals surface area contributed by atoms with Gasteiger partial charge in [-0.3, -0.25) is 4.90 Å². The Morgan fingerprint density at radius 1 is 0.964 bits per heavy atom. The van der Waals surface area contributed by atoms with Crippen LogP contribution in [0.4, 0.5) is 0 Å². The number of aromatic amines is 1. The van der Waals surface area contributed by atoms with Gasteiger partial charge in [0.2, 0.25) is 0 Å². The van der Waals surface area contributed by atoms with Crippen LogP contribution in [0.5, 0.6) is 5.75 Å². The number of rotatable bonds is 6. The van der Waals surface area contributed by atoms with Gasteiger partial charge in [0.15, 0.2) is 0 Å². The molecular formula is C24H33N3O. The van der Waals surface area contributed by atoms with Crippen molar-refractivity contribution in [2.75, 3.05) is 32.8 Å². The maximum Gasteiger partial charge on any atom is 0.127 e. The van der Waals surface area contributed by atoms with Crippen molar-refractivity contribution in [3.63, 3.8) is 0 Å². The molecule has 0 aliphatic carbocycles. The molecule has 28 heavy (non-hydrogen) atoms. The van der Waals surface area contributed by atoms with Crippen LogP contribution in [0.1, 0.15) is 32.9 Å². The summed E-state index contributed by atoms with van der Waals surface area (Å²) < 4.78 is 6.07. The lowest BCUT2D eigenvalue weighted by Gasteiger charge is -2.27. The van der Waals surface area contributed by atoms with Gasteiger partial charge in [0.1, 0.15) is 5.75 Å². The van der Waals surface area contributed by atoms with Crippen LogP contribution in [-0.2, 0) is 6.54 Å². The molecule has 1 aliphatic rings. The third-order valence-corrected chi connectivity index (χ3v) is 4.99. The molecule has 0 bridgehead atoms. The van der Waals surface area contributed by atoms with Crippen molar-refractivity contribution in [2.45, 2.75) is 33.7 Å². The molecule has 2 heterocycles. The molecule has 0 saturated carbocycles. The normalized spacial score (nSPS) is 14.5. The van der Waals surface area contributed by atoms with E-state index in [1.165, 1.54) is 27.7 Å². The molecule has 1 aliphatic heterocycles. The third kappa shape index (κ3) is 4.57. The van der Waals surface area contributed by atoms with E-state index in [0.717, 1.165) is 51.5 Å². The summed E-state index contributed by atoms with van der Waals surface area (Å²) in [5.41, 5.74) is 4.94. The number of piperazine rings is 1. The summed E-state index contributed by atoms with van der Waals surface area (Å²) in [5, 5.41) is 4.70. The Labute approximate surface area is 168 Å². The predicted octanol–water partition coefficient (Wildman–Crippen LogP) is 5.06. The van der Waals surface area contributed by atoms with E-state index in [4.69, 9.17) is 4.74 Å². The quantitative estimate of drug-likeness (QED) is 0.629. The molecule has 150 valence electrons. The zero-order valence-electron chi connectivity index (χ0n) is 17.4. The summed E-state index contributed by atoms with van der Waals surface area (Å²) in [6, 6.07) is 17.0. The number of benzene rings is 2. The number of hydrogen-bond donors (Lipinski definition) is 2. The van der Waals surface area contributed by atoms with Gasteiger partial charge in [-0.1, -0.05) is 57.2 Å². The van der Waals surface area contributed by atoms with Crippen molar-refractivity contribution in [3.05, 3.63) is 54.2 Å². The van der Waals surface area contributed by atoms with Crippen molar-refractivity contribution in [1.82, 2.24) is 15.2 Å². The fourth-order valence-corrected chi connectivity index (χ4v) is 3.73. The second kappa shape index (κ2) is 10.3. The second-order valence-corrected chi connectivity index (χ2v) is 6.89. The van der Waals surface area contributed by atoms with Crippen molar-refractivity contribution in [2.24, 2.45) is 0 Å². The lowest BCUT2D eigenvalue weighted by atomic mass is 10.0. The Balaban J connectivity index is 0.00000109. The number of para-hydroxylation sites is 2. The predicted molar refractivity (Wildman–Crippen MR) is 119 cm³/mol. The number of fused-ring (bicyclic) bond motifs is 1. The van der Waals surface area contributed by atoms with E-state index in [1.807, 2.05) is 13.8 Å². The van der Waals surface area contributed by atoms with Gasteiger partial charge in [-0.15, -0.1) is 0 Å². The first-order valence-corrected chi connectivity index (χ1v) is 10.6. The van der Waals surface area contributed by atoms with Crippen LogP contribution in [0.2, 0.25) is 0 Å². The average Bonchev–Trinajstić information content (AvgIpc) is 3.12. The first-order valence-electron chi connectivity index (χ1n) is 10.6. The maximum atomic E-state index is 6.07. The molecule has 0 unspecified atom stereocenters. The summed E-state index contributed by atoms with van der Waals surface area (Å²) >= 11 is 0. The molecule has 1 saturated heterocycles. The molecule has 0 amide bonds. The summed E-state index contributed by atoms with van der Waals surface area (Å²) in [4.78, 5) is 6.19. The highest BCUT2D eigenvalue weighted by Crippen LogP contribution is 2.38. The van der Waals surface area contributed by atoms with Crippen LogP contribution >= 0.6 is 0 Å². The summed E-state index contributed by atoms with van der Waals surface area (Å²) in [6.07, 6.45) is 1.01. The van der Waals surface area contributed by atoms with Crippen LogP contribution in [0.15, 0.2) is 48.5 Å². The van der Waals surface area contributed by atoms with Crippen LogP contribution < -0.4 is 10.1 Å². The standard InChI is InChI=1S/C22H27N3O.C2H6/c1-2-15-26-21-10-6-4-8-18(21)22-17-7-3-5-9-19(17)24-20(22)16-25-13-11-23-12-14-25;1-2/h3-10,23-24H,2,11-16H2,1H3;1-2H3. The molecule has 2 aromatic carbocycles.